The molecule has 1 aliphatic rings. The topological polar surface area (TPSA) is 73.1 Å². The van der Waals surface area contributed by atoms with Gasteiger partial charge in [-0.25, -0.2) is 4.39 Å². The molecule has 0 amide bonds. The molecule has 1 aliphatic heterocycles. The van der Waals surface area contributed by atoms with Gasteiger partial charge in [0.25, 0.3) is 0 Å². The molecule has 0 radical (unpaired) electrons. The largest absolute Gasteiger partial charge is 0.367 e. The number of pyridine rings is 1. The molecular formula is C17H15FN4O2S. The third-order valence-corrected chi connectivity index (χ3v) is 5.16. The highest BCUT2D eigenvalue weighted by Gasteiger charge is 2.30. The predicted octanol–water partition coefficient (Wildman–Crippen LogP) is 2.67. The molecule has 3 aromatic rings. The summed E-state index contributed by atoms with van der Waals surface area (Å²) < 4.78 is 21.3. The van der Waals surface area contributed by atoms with Crippen LogP contribution < -0.4 is 0 Å². The Morgan fingerprint density at radius 1 is 1.20 bits per heavy atom. The molecule has 4 rings (SSSR count). The number of hydrogen-bond donors (Lipinski definition) is 1. The van der Waals surface area contributed by atoms with Crippen molar-refractivity contribution in [2.24, 2.45) is 0 Å². The highest BCUT2D eigenvalue weighted by molar-refractivity contribution is 7.99. The van der Waals surface area contributed by atoms with Crippen LogP contribution in [-0.4, -0.2) is 43.0 Å². The van der Waals surface area contributed by atoms with E-state index in [1.807, 2.05) is 6.07 Å². The molecule has 128 valence electrons. The van der Waals surface area contributed by atoms with Crippen molar-refractivity contribution in [3.8, 4) is 17.1 Å². The number of aliphatic hydroxyl groups is 1. The molecule has 0 bridgehead atoms. The fourth-order valence-corrected chi connectivity index (χ4v) is 3.74. The highest BCUT2D eigenvalue weighted by Crippen LogP contribution is 2.34. The summed E-state index contributed by atoms with van der Waals surface area (Å²) >= 11 is 1.33. The zero-order valence-corrected chi connectivity index (χ0v) is 13.9. The van der Waals surface area contributed by atoms with Gasteiger partial charge in [-0.3, -0.25) is 9.55 Å². The number of nitrogens with zero attached hydrogens (tertiary/aromatic N) is 4. The minimum absolute atomic E-state index is 0.170. The van der Waals surface area contributed by atoms with Crippen LogP contribution in [0, 0.1) is 5.82 Å². The number of rotatable bonds is 4. The van der Waals surface area contributed by atoms with Crippen LogP contribution in [-0.2, 0) is 4.74 Å². The van der Waals surface area contributed by atoms with Gasteiger partial charge in [-0.1, -0.05) is 23.9 Å². The third-order valence-electron chi connectivity index (χ3n) is 3.91. The maximum atomic E-state index is 14.4. The van der Waals surface area contributed by atoms with Gasteiger partial charge in [0.2, 0.25) is 0 Å². The minimum atomic E-state index is -0.863. The second-order valence-electron chi connectivity index (χ2n) is 5.54. The molecule has 8 heteroatoms. The second kappa shape index (κ2) is 6.91. The molecule has 1 N–H and O–H groups in total. The van der Waals surface area contributed by atoms with Crippen LogP contribution in [0.4, 0.5) is 4.39 Å². The summed E-state index contributed by atoms with van der Waals surface area (Å²) in [5.74, 6) is 0.117. The Morgan fingerprint density at radius 3 is 2.80 bits per heavy atom. The van der Waals surface area contributed by atoms with Crippen molar-refractivity contribution >= 4 is 11.8 Å². The Labute approximate surface area is 147 Å². The first-order valence-corrected chi connectivity index (χ1v) is 8.69. The van der Waals surface area contributed by atoms with Gasteiger partial charge >= 0.3 is 0 Å². The predicted molar refractivity (Wildman–Crippen MR) is 90.8 cm³/mol. The highest BCUT2D eigenvalue weighted by atomic mass is 32.2. The molecule has 1 saturated heterocycles. The summed E-state index contributed by atoms with van der Waals surface area (Å²) in [5.41, 5.74) is 1.08. The van der Waals surface area contributed by atoms with Crippen molar-refractivity contribution in [1.82, 2.24) is 19.7 Å². The van der Waals surface area contributed by atoms with E-state index in [9.17, 15) is 9.50 Å². The Hall–Kier alpha value is -2.29. The van der Waals surface area contributed by atoms with Gasteiger partial charge in [-0.2, -0.15) is 0 Å². The summed E-state index contributed by atoms with van der Waals surface area (Å²) in [7, 11) is 0. The van der Waals surface area contributed by atoms with Crippen molar-refractivity contribution in [1.29, 1.82) is 0 Å². The van der Waals surface area contributed by atoms with Gasteiger partial charge in [-0.15, -0.1) is 10.2 Å². The summed E-state index contributed by atoms with van der Waals surface area (Å²) in [5, 5.41) is 18.7. The quantitative estimate of drug-likeness (QED) is 0.773. The lowest BCUT2D eigenvalue weighted by Gasteiger charge is -2.14. The van der Waals surface area contributed by atoms with E-state index in [0.717, 1.165) is 5.56 Å². The SMILES string of the molecule is OC1OCCC1Sc1nnc(-c2cccnc2)n1-c1ccccc1F. The summed E-state index contributed by atoms with van der Waals surface area (Å²) in [4.78, 5) is 4.10. The molecule has 1 fully saturated rings. The smallest absolute Gasteiger partial charge is 0.196 e. The Balaban J connectivity index is 1.82. The van der Waals surface area contributed by atoms with Gasteiger partial charge in [0.1, 0.15) is 5.82 Å². The molecule has 6 nitrogen and oxygen atoms in total. The molecule has 0 spiro atoms. The van der Waals surface area contributed by atoms with E-state index < -0.39 is 6.29 Å². The van der Waals surface area contributed by atoms with Crippen LogP contribution in [0.2, 0.25) is 0 Å². The molecule has 0 aliphatic carbocycles. The van der Waals surface area contributed by atoms with Gasteiger partial charge in [0.15, 0.2) is 17.3 Å². The lowest BCUT2D eigenvalue weighted by molar-refractivity contribution is -0.0561. The van der Waals surface area contributed by atoms with Crippen LogP contribution in [0.3, 0.4) is 0 Å². The first kappa shape index (κ1) is 16.2. The number of benzene rings is 1. The van der Waals surface area contributed by atoms with E-state index in [4.69, 9.17) is 4.74 Å². The molecule has 2 unspecified atom stereocenters. The lowest BCUT2D eigenvalue weighted by atomic mass is 10.2. The molecule has 0 saturated carbocycles. The maximum absolute atomic E-state index is 14.4. The van der Waals surface area contributed by atoms with Gasteiger partial charge < -0.3 is 9.84 Å². The zero-order valence-electron chi connectivity index (χ0n) is 13.1. The summed E-state index contributed by atoms with van der Waals surface area (Å²) in [6.07, 6.45) is 3.15. The van der Waals surface area contributed by atoms with Crippen LogP contribution in [0.15, 0.2) is 53.9 Å². The van der Waals surface area contributed by atoms with Crippen molar-refractivity contribution in [2.75, 3.05) is 6.61 Å². The number of halogens is 1. The molecule has 1 aromatic carbocycles. The lowest BCUT2D eigenvalue weighted by Crippen LogP contribution is -2.17. The number of thioether (sulfide) groups is 1. The first-order valence-electron chi connectivity index (χ1n) is 7.81. The van der Waals surface area contributed by atoms with Gasteiger partial charge in [0.05, 0.1) is 17.5 Å². The summed E-state index contributed by atoms with van der Waals surface area (Å²) in [6, 6.07) is 10.1. The van der Waals surface area contributed by atoms with Crippen LogP contribution >= 0.6 is 11.8 Å². The minimum Gasteiger partial charge on any atom is -0.367 e. The fraction of sp³-hybridized carbons (Fsp3) is 0.235. The van der Waals surface area contributed by atoms with E-state index in [-0.39, 0.29) is 11.1 Å². The molecule has 3 heterocycles. The first-order chi connectivity index (χ1) is 12.2. The number of ether oxygens (including phenoxy) is 1. The number of para-hydroxylation sites is 1. The fourth-order valence-electron chi connectivity index (χ4n) is 2.69. The Morgan fingerprint density at radius 2 is 2.08 bits per heavy atom. The van der Waals surface area contributed by atoms with E-state index in [1.165, 1.54) is 17.8 Å². The van der Waals surface area contributed by atoms with Crippen molar-refractivity contribution in [2.45, 2.75) is 23.1 Å². The number of aliphatic hydroxyl groups excluding tert-OH is 1. The van der Waals surface area contributed by atoms with E-state index in [1.54, 1.807) is 41.2 Å². The van der Waals surface area contributed by atoms with Crippen molar-refractivity contribution in [3.05, 3.63) is 54.6 Å². The molecule has 2 atom stereocenters. The zero-order chi connectivity index (χ0) is 17.2. The average Bonchev–Trinajstić information content (AvgIpc) is 3.23. The second-order valence-corrected chi connectivity index (χ2v) is 6.75. The molecule has 2 aromatic heterocycles. The van der Waals surface area contributed by atoms with Crippen LogP contribution in [0.25, 0.3) is 17.1 Å². The Bertz CT molecular complexity index is 874. The standard InChI is InChI=1S/C17H15FN4O2S/c18-12-5-1-2-6-13(12)22-15(11-4-3-8-19-10-11)20-21-17(22)25-14-7-9-24-16(14)23/h1-6,8,10,14,16,23H,7,9H2. The van der Waals surface area contributed by atoms with Crippen LogP contribution in [0.1, 0.15) is 6.42 Å². The average molecular weight is 358 g/mol. The van der Waals surface area contributed by atoms with Crippen molar-refractivity contribution in [3.63, 3.8) is 0 Å². The molecule has 25 heavy (non-hydrogen) atoms. The number of aromatic nitrogens is 4. The molecular weight excluding hydrogens is 343 g/mol. The van der Waals surface area contributed by atoms with E-state index >= 15 is 0 Å². The van der Waals surface area contributed by atoms with Gasteiger partial charge in [0, 0.05) is 18.0 Å². The monoisotopic (exact) mass is 358 g/mol. The summed E-state index contributed by atoms with van der Waals surface area (Å²) in [6.45, 7) is 0.488. The van der Waals surface area contributed by atoms with E-state index in [2.05, 4.69) is 15.2 Å². The van der Waals surface area contributed by atoms with Crippen LogP contribution in [0.5, 0.6) is 0 Å². The third kappa shape index (κ3) is 3.15. The van der Waals surface area contributed by atoms with Crippen molar-refractivity contribution < 1.29 is 14.2 Å². The van der Waals surface area contributed by atoms with E-state index in [0.29, 0.717) is 29.7 Å². The number of hydrogen-bond acceptors (Lipinski definition) is 6. The maximum Gasteiger partial charge on any atom is 0.196 e. The van der Waals surface area contributed by atoms with Gasteiger partial charge in [-0.05, 0) is 30.7 Å². The normalized spacial score (nSPS) is 20.1. The Kier molecular flexibility index (Phi) is 4.48.